The number of rotatable bonds is 7. The number of non-ortho nitro benzene ring substituents is 1. The fourth-order valence-electron chi connectivity index (χ4n) is 5.78. The lowest BCUT2D eigenvalue weighted by molar-refractivity contribution is -0.384. The highest BCUT2D eigenvalue weighted by molar-refractivity contribution is 5.48. The third-order valence-corrected chi connectivity index (χ3v) is 7.39. The summed E-state index contributed by atoms with van der Waals surface area (Å²) in [4.78, 5) is 16.1. The van der Waals surface area contributed by atoms with Gasteiger partial charge >= 0.3 is 0 Å². The van der Waals surface area contributed by atoms with E-state index < -0.39 is 0 Å². The maximum Gasteiger partial charge on any atom is 0.269 e. The van der Waals surface area contributed by atoms with E-state index in [1.807, 2.05) is 12.1 Å². The van der Waals surface area contributed by atoms with Crippen molar-refractivity contribution in [3.63, 3.8) is 0 Å². The van der Waals surface area contributed by atoms with Gasteiger partial charge in [-0.3, -0.25) is 15.0 Å². The normalized spacial score (nSPS) is 23.5. The van der Waals surface area contributed by atoms with E-state index in [1.54, 1.807) is 12.1 Å². The minimum atomic E-state index is -0.299. The SMILES string of the molecule is O=[N+]([O-])c1cccc(C2CN3CCCC3c3cc(OCCCN4CCCCC4)ccc32)c1. The lowest BCUT2D eigenvalue weighted by Crippen LogP contribution is -2.34. The van der Waals surface area contributed by atoms with E-state index >= 15 is 0 Å². The first-order valence-corrected chi connectivity index (χ1v) is 12.2. The van der Waals surface area contributed by atoms with Crippen LogP contribution in [0.15, 0.2) is 42.5 Å². The zero-order chi connectivity index (χ0) is 21.9. The van der Waals surface area contributed by atoms with Crippen LogP contribution in [0.1, 0.15) is 67.2 Å². The second kappa shape index (κ2) is 9.59. The number of likely N-dealkylation sites (tertiary alicyclic amines) is 1. The Hall–Kier alpha value is -2.44. The molecule has 0 spiro atoms. The minimum Gasteiger partial charge on any atom is -0.494 e. The van der Waals surface area contributed by atoms with E-state index in [0.717, 1.165) is 44.0 Å². The fourth-order valence-corrected chi connectivity index (χ4v) is 5.78. The van der Waals surface area contributed by atoms with Crippen molar-refractivity contribution < 1.29 is 9.66 Å². The van der Waals surface area contributed by atoms with Crippen LogP contribution >= 0.6 is 0 Å². The van der Waals surface area contributed by atoms with Gasteiger partial charge in [0.25, 0.3) is 5.69 Å². The number of piperidine rings is 1. The van der Waals surface area contributed by atoms with Crippen LogP contribution in [0.4, 0.5) is 5.69 Å². The molecule has 0 N–H and O–H groups in total. The summed E-state index contributed by atoms with van der Waals surface area (Å²) in [7, 11) is 0. The molecule has 3 heterocycles. The first kappa shape index (κ1) is 21.4. The van der Waals surface area contributed by atoms with Gasteiger partial charge in [-0.2, -0.15) is 0 Å². The zero-order valence-corrected chi connectivity index (χ0v) is 18.7. The van der Waals surface area contributed by atoms with E-state index in [-0.39, 0.29) is 16.5 Å². The van der Waals surface area contributed by atoms with Crippen LogP contribution in [0.3, 0.4) is 0 Å². The molecule has 0 amide bonds. The molecule has 0 bridgehead atoms. The number of nitro groups is 1. The Morgan fingerprint density at radius 3 is 2.72 bits per heavy atom. The van der Waals surface area contributed by atoms with Crippen molar-refractivity contribution in [3.05, 3.63) is 69.3 Å². The summed E-state index contributed by atoms with van der Waals surface area (Å²) in [5.74, 6) is 1.11. The van der Waals surface area contributed by atoms with E-state index in [2.05, 4.69) is 28.0 Å². The van der Waals surface area contributed by atoms with Gasteiger partial charge in [0.2, 0.25) is 0 Å². The van der Waals surface area contributed by atoms with Crippen molar-refractivity contribution in [2.45, 2.75) is 50.5 Å². The molecule has 0 aliphatic carbocycles. The standard InChI is InChI=1S/C26H33N3O3/c30-29(31)21-8-4-7-20(17-21)25-19-28-15-5-9-26(28)24-18-22(10-11-23(24)25)32-16-6-14-27-12-2-1-3-13-27/h4,7-8,10-11,17-18,25-26H,1-3,5-6,9,12-16,19H2. The molecule has 2 aromatic carbocycles. The number of ether oxygens (including phenoxy) is 1. The molecular formula is C26H33N3O3. The quantitative estimate of drug-likeness (QED) is 0.343. The highest BCUT2D eigenvalue weighted by atomic mass is 16.6. The van der Waals surface area contributed by atoms with Gasteiger partial charge < -0.3 is 9.64 Å². The molecule has 6 nitrogen and oxygen atoms in total. The molecule has 2 aromatic rings. The summed E-state index contributed by atoms with van der Waals surface area (Å²) >= 11 is 0. The van der Waals surface area contributed by atoms with E-state index in [0.29, 0.717) is 6.04 Å². The second-order valence-electron chi connectivity index (χ2n) is 9.45. The molecule has 5 rings (SSSR count). The van der Waals surface area contributed by atoms with Gasteiger partial charge in [0, 0.05) is 37.2 Å². The topological polar surface area (TPSA) is 58.9 Å². The fraction of sp³-hybridized carbons (Fsp3) is 0.538. The average Bonchev–Trinajstić information content (AvgIpc) is 3.31. The third-order valence-electron chi connectivity index (χ3n) is 7.39. The Balaban J connectivity index is 1.32. The Morgan fingerprint density at radius 2 is 1.88 bits per heavy atom. The van der Waals surface area contributed by atoms with E-state index in [9.17, 15) is 10.1 Å². The minimum absolute atomic E-state index is 0.160. The van der Waals surface area contributed by atoms with Gasteiger partial charge in [-0.05, 0) is 80.6 Å². The Bertz CT molecular complexity index is 957. The summed E-state index contributed by atoms with van der Waals surface area (Å²) in [5.41, 5.74) is 3.84. The average molecular weight is 436 g/mol. The van der Waals surface area contributed by atoms with Gasteiger partial charge in [0.15, 0.2) is 0 Å². The number of fused-ring (bicyclic) bond motifs is 3. The van der Waals surface area contributed by atoms with Crippen LogP contribution in [0.25, 0.3) is 0 Å². The van der Waals surface area contributed by atoms with Crippen LogP contribution in [-0.2, 0) is 0 Å². The molecule has 0 radical (unpaired) electrons. The highest BCUT2D eigenvalue weighted by Crippen LogP contribution is 2.45. The third kappa shape index (κ3) is 4.52. The largest absolute Gasteiger partial charge is 0.494 e. The van der Waals surface area contributed by atoms with Crippen molar-refractivity contribution in [1.29, 1.82) is 0 Å². The summed E-state index contributed by atoms with van der Waals surface area (Å²) in [5, 5.41) is 11.3. The molecule has 0 saturated carbocycles. The summed E-state index contributed by atoms with van der Waals surface area (Å²) < 4.78 is 6.17. The molecule has 3 aliphatic rings. The molecule has 6 heteroatoms. The van der Waals surface area contributed by atoms with Crippen molar-refractivity contribution >= 4 is 5.69 Å². The lowest BCUT2D eigenvalue weighted by atomic mass is 9.81. The summed E-state index contributed by atoms with van der Waals surface area (Å²) in [6.45, 7) is 6.35. The number of nitro benzene ring substituents is 1. The lowest BCUT2D eigenvalue weighted by Gasteiger charge is -2.37. The van der Waals surface area contributed by atoms with Gasteiger partial charge in [-0.25, -0.2) is 0 Å². The van der Waals surface area contributed by atoms with E-state index in [1.165, 1.54) is 56.3 Å². The van der Waals surface area contributed by atoms with Crippen LogP contribution in [-0.4, -0.2) is 54.1 Å². The number of benzene rings is 2. The predicted molar refractivity (Wildman–Crippen MR) is 125 cm³/mol. The van der Waals surface area contributed by atoms with Gasteiger partial charge in [0.1, 0.15) is 5.75 Å². The maximum atomic E-state index is 11.3. The monoisotopic (exact) mass is 435 g/mol. The van der Waals surface area contributed by atoms with Crippen molar-refractivity contribution in [2.24, 2.45) is 0 Å². The van der Waals surface area contributed by atoms with Gasteiger partial charge in [-0.1, -0.05) is 24.6 Å². The molecule has 0 aromatic heterocycles. The second-order valence-corrected chi connectivity index (χ2v) is 9.45. The zero-order valence-electron chi connectivity index (χ0n) is 18.7. The molecule has 2 atom stereocenters. The van der Waals surface area contributed by atoms with Gasteiger partial charge in [-0.15, -0.1) is 0 Å². The molecule has 2 unspecified atom stereocenters. The molecular weight excluding hydrogens is 402 g/mol. The first-order chi connectivity index (χ1) is 15.7. The van der Waals surface area contributed by atoms with Crippen molar-refractivity contribution in [3.8, 4) is 5.75 Å². The Morgan fingerprint density at radius 1 is 1.00 bits per heavy atom. The smallest absolute Gasteiger partial charge is 0.269 e. The summed E-state index contributed by atoms with van der Waals surface area (Å²) in [6, 6.07) is 14.1. The molecule has 170 valence electrons. The first-order valence-electron chi connectivity index (χ1n) is 12.2. The van der Waals surface area contributed by atoms with Crippen LogP contribution in [0, 0.1) is 10.1 Å². The van der Waals surface area contributed by atoms with Crippen molar-refractivity contribution in [2.75, 3.05) is 39.3 Å². The Labute approximate surface area is 190 Å². The van der Waals surface area contributed by atoms with Gasteiger partial charge in [0.05, 0.1) is 11.5 Å². The van der Waals surface area contributed by atoms with Crippen LogP contribution < -0.4 is 4.74 Å². The number of hydrogen-bond donors (Lipinski definition) is 0. The Kier molecular flexibility index (Phi) is 6.42. The van der Waals surface area contributed by atoms with Crippen LogP contribution in [0.5, 0.6) is 5.75 Å². The van der Waals surface area contributed by atoms with E-state index in [4.69, 9.17) is 4.74 Å². The van der Waals surface area contributed by atoms with Crippen LogP contribution in [0.2, 0.25) is 0 Å². The molecule has 32 heavy (non-hydrogen) atoms. The molecule has 2 fully saturated rings. The molecule has 2 saturated heterocycles. The van der Waals surface area contributed by atoms with Crippen molar-refractivity contribution in [1.82, 2.24) is 9.80 Å². The summed E-state index contributed by atoms with van der Waals surface area (Å²) in [6.07, 6.45) is 7.46. The number of nitrogens with zero attached hydrogens (tertiary/aromatic N) is 3. The molecule has 3 aliphatic heterocycles. The number of hydrogen-bond acceptors (Lipinski definition) is 5. The predicted octanol–water partition coefficient (Wildman–Crippen LogP) is 5.13. The highest BCUT2D eigenvalue weighted by Gasteiger charge is 2.37. The maximum absolute atomic E-state index is 11.3.